The van der Waals surface area contributed by atoms with Gasteiger partial charge in [0.15, 0.2) is 0 Å². The van der Waals surface area contributed by atoms with Crippen LogP contribution in [0.5, 0.6) is 5.88 Å². The molecule has 166 valence electrons. The number of amides is 1. The third kappa shape index (κ3) is 4.22. The SMILES string of the molecule is Cc1ncc(NC(=O)Oc2cc(C(C)(C)C)on2)cc1-n1cc(-c2cnn(C)c2C)nn1. The summed E-state index contributed by atoms with van der Waals surface area (Å²) in [6, 6.07) is 3.33. The summed E-state index contributed by atoms with van der Waals surface area (Å²) in [5, 5.41) is 19.1. The summed E-state index contributed by atoms with van der Waals surface area (Å²) in [5.41, 5.74) is 4.13. The fourth-order valence-electron chi connectivity index (χ4n) is 2.98. The Hall–Kier alpha value is -4.02. The number of hydrogen-bond acceptors (Lipinski definition) is 8. The van der Waals surface area contributed by atoms with E-state index >= 15 is 0 Å². The molecule has 4 rings (SSSR count). The zero-order valence-corrected chi connectivity index (χ0v) is 18.7. The van der Waals surface area contributed by atoms with Crippen LogP contribution < -0.4 is 10.1 Å². The maximum atomic E-state index is 12.3. The zero-order chi connectivity index (χ0) is 23.0. The Morgan fingerprint density at radius 3 is 2.62 bits per heavy atom. The minimum atomic E-state index is -0.708. The van der Waals surface area contributed by atoms with Gasteiger partial charge in [0, 0.05) is 29.8 Å². The number of nitrogens with one attached hydrogen (secondary N) is 1. The molecular weight excluding hydrogens is 412 g/mol. The third-order valence-electron chi connectivity index (χ3n) is 4.98. The quantitative estimate of drug-likeness (QED) is 0.514. The van der Waals surface area contributed by atoms with E-state index in [0.29, 0.717) is 22.8 Å². The van der Waals surface area contributed by atoms with Gasteiger partial charge in [-0.1, -0.05) is 26.0 Å². The monoisotopic (exact) mass is 436 g/mol. The van der Waals surface area contributed by atoms with Crippen LogP contribution in [0.2, 0.25) is 0 Å². The third-order valence-corrected chi connectivity index (χ3v) is 4.98. The first kappa shape index (κ1) is 21.2. The summed E-state index contributed by atoms with van der Waals surface area (Å²) in [7, 11) is 1.87. The number of aromatic nitrogens is 7. The molecule has 0 aliphatic carbocycles. The molecule has 0 unspecified atom stereocenters. The highest BCUT2D eigenvalue weighted by Crippen LogP contribution is 2.26. The van der Waals surface area contributed by atoms with E-state index in [9.17, 15) is 4.79 Å². The molecule has 4 heterocycles. The molecule has 1 amide bonds. The van der Waals surface area contributed by atoms with Gasteiger partial charge < -0.3 is 9.26 Å². The Labute approximate surface area is 184 Å². The Kier molecular flexibility index (Phi) is 5.25. The molecule has 0 saturated carbocycles. The van der Waals surface area contributed by atoms with Crippen LogP contribution in [0.1, 0.15) is 37.9 Å². The highest BCUT2D eigenvalue weighted by Gasteiger charge is 2.21. The molecule has 0 bridgehead atoms. The molecule has 0 aliphatic heterocycles. The lowest BCUT2D eigenvalue weighted by Crippen LogP contribution is -2.17. The number of carbonyl (C=O) groups excluding carboxylic acids is 1. The van der Waals surface area contributed by atoms with Gasteiger partial charge in [0.1, 0.15) is 11.5 Å². The minimum absolute atomic E-state index is 0.0838. The second-order valence-corrected chi connectivity index (χ2v) is 8.44. The van der Waals surface area contributed by atoms with Crippen LogP contribution in [0.4, 0.5) is 10.5 Å². The molecule has 32 heavy (non-hydrogen) atoms. The predicted molar refractivity (Wildman–Crippen MR) is 116 cm³/mol. The van der Waals surface area contributed by atoms with E-state index in [-0.39, 0.29) is 11.3 Å². The fourth-order valence-corrected chi connectivity index (χ4v) is 2.98. The molecule has 0 fully saturated rings. The van der Waals surface area contributed by atoms with Crippen molar-refractivity contribution in [2.45, 2.75) is 40.0 Å². The number of hydrogen-bond donors (Lipinski definition) is 1. The maximum Gasteiger partial charge on any atom is 0.418 e. The minimum Gasteiger partial charge on any atom is -0.388 e. The summed E-state index contributed by atoms with van der Waals surface area (Å²) in [4.78, 5) is 16.7. The Morgan fingerprint density at radius 2 is 1.97 bits per heavy atom. The standard InChI is InChI=1S/C21H24N8O3/c1-12-17(29-11-16(25-27-29)15-10-23-28(6)13(15)2)7-14(9-22-12)24-20(30)31-19-8-18(32-26-19)21(3,4)5/h7-11H,1-6H3,(H,24,30). The first-order valence-electron chi connectivity index (χ1n) is 9.96. The van der Waals surface area contributed by atoms with Gasteiger partial charge in [0.2, 0.25) is 0 Å². The summed E-state index contributed by atoms with van der Waals surface area (Å²) < 4.78 is 13.8. The van der Waals surface area contributed by atoms with E-state index in [0.717, 1.165) is 17.0 Å². The van der Waals surface area contributed by atoms with E-state index in [4.69, 9.17) is 9.26 Å². The van der Waals surface area contributed by atoms with Crippen molar-refractivity contribution in [2.75, 3.05) is 5.32 Å². The van der Waals surface area contributed by atoms with Crippen molar-refractivity contribution in [2.24, 2.45) is 7.05 Å². The molecule has 0 radical (unpaired) electrons. The second kappa shape index (κ2) is 7.91. The molecule has 4 aromatic rings. The van der Waals surface area contributed by atoms with Gasteiger partial charge in [-0.15, -0.1) is 5.10 Å². The lowest BCUT2D eigenvalue weighted by atomic mass is 9.94. The molecule has 11 nitrogen and oxygen atoms in total. The van der Waals surface area contributed by atoms with Crippen molar-refractivity contribution < 1.29 is 14.1 Å². The Bertz CT molecular complexity index is 1280. The van der Waals surface area contributed by atoms with E-state index < -0.39 is 6.09 Å². The van der Waals surface area contributed by atoms with Gasteiger partial charge >= 0.3 is 6.09 Å². The van der Waals surface area contributed by atoms with Gasteiger partial charge in [0.05, 0.1) is 35.7 Å². The van der Waals surface area contributed by atoms with E-state index in [1.54, 1.807) is 33.9 Å². The van der Waals surface area contributed by atoms with Crippen molar-refractivity contribution in [1.82, 2.24) is 34.9 Å². The largest absolute Gasteiger partial charge is 0.418 e. The number of ether oxygens (including phenoxy) is 1. The highest BCUT2D eigenvalue weighted by molar-refractivity contribution is 5.86. The van der Waals surface area contributed by atoms with Gasteiger partial charge in [-0.05, 0) is 25.1 Å². The molecule has 0 atom stereocenters. The van der Waals surface area contributed by atoms with Crippen LogP contribution in [0.3, 0.4) is 0 Å². The lowest BCUT2D eigenvalue weighted by molar-refractivity contribution is 0.209. The molecule has 4 aromatic heterocycles. The van der Waals surface area contributed by atoms with Gasteiger partial charge in [-0.3, -0.25) is 15.0 Å². The molecule has 0 aliphatic rings. The molecular formula is C21H24N8O3. The Morgan fingerprint density at radius 1 is 1.19 bits per heavy atom. The van der Waals surface area contributed by atoms with Gasteiger partial charge in [0.25, 0.3) is 5.88 Å². The summed E-state index contributed by atoms with van der Waals surface area (Å²) in [6.07, 6.45) is 4.37. The topological polar surface area (TPSA) is 126 Å². The number of carbonyl (C=O) groups is 1. The van der Waals surface area contributed by atoms with E-state index in [1.807, 2.05) is 41.7 Å². The maximum absolute atomic E-state index is 12.3. The Balaban J connectivity index is 1.51. The van der Waals surface area contributed by atoms with Crippen molar-refractivity contribution in [1.29, 1.82) is 0 Å². The van der Waals surface area contributed by atoms with Crippen molar-refractivity contribution in [3.63, 3.8) is 0 Å². The number of aryl methyl sites for hydroxylation is 2. The zero-order valence-electron chi connectivity index (χ0n) is 18.7. The molecule has 0 saturated heterocycles. The van der Waals surface area contributed by atoms with Crippen LogP contribution in [-0.4, -0.2) is 41.0 Å². The molecule has 11 heteroatoms. The number of nitrogens with zero attached hydrogens (tertiary/aromatic N) is 7. The second-order valence-electron chi connectivity index (χ2n) is 8.44. The van der Waals surface area contributed by atoms with Crippen molar-refractivity contribution in [3.8, 4) is 22.8 Å². The number of pyridine rings is 1. The first-order chi connectivity index (χ1) is 15.1. The first-order valence-corrected chi connectivity index (χ1v) is 9.96. The normalized spacial score (nSPS) is 11.6. The summed E-state index contributed by atoms with van der Waals surface area (Å²) in [5.74, 6) is 0.700. The van der Waals surface area contributed by atoms with Crippen molar-refractivity contribution in [3.05, 3.63) is 47.9 Å². The van der Waals surface area contributed by atoms with Crippen LogP contribution in [0.15, 0.2) is 35.2 Å². The van der Waals surface area contributed by atoms with Crippen LogP contribution in [-0.2, 0) is 12.5 Å². The van der Waals surface area contributed by atoms with E-state index in [2.05, 4.69) is 30.9 Å². The number of rotatable bonds is 4. The summed E-state index contributed by atoms with van der Waals surface area (Å²) in [6.45, 7) is 9.73. The van der Waals surface area contributed by atoms with Crippen molar-refractivity contribution >= 4 is 11.8 Å². The average Bonchev–Trinajstić information content (AvgIpc) is 3.45. The lowest BCUT2D eigenvalue weighted by Gasteiger charge is -2.11. The number of anilines is 1. The molecule has 0 aromatic carbocycles. The molecule has 0 spiro atoms. The van der Waals surface area contributed by atoms with Gasteiger partial charge in [-0.25, -0.2) is 9.48 Å². The average molecular weight is 436 g/mol. The van der Waals surface area contributed by atoms with Crippen LogP contribution in [0, 0.1) is 13.8 Å². The van der Waals surface area contributed by atoms with Crippen LogP contribution >= 0.6 is 0 Å². The van der Waals surface area contributed by atoms with E-state index in [1.165, 1.54) is 6.20 Å². The smallest absolute Gasteiger partial charge is 0.388 e. The van der Waals surface area contributed by atoms with Crippen LogP contribution in [0.25, 0.3) is 16.9 Å². The fraction of sp³-hybridized carbons (Fsp3) is 0.333. The highest BCUT2D eigenvalue weighted by atomic mass is 16.6. The molecule has 1 N–H and O–H groups in total. The van der Waals surface area contributed by atoms with Gasteiger partial charge in [-0.2, -0.15) is 5.10 Å². The summed E-state index contributed by atoms with van der Waals surface area (Å²) >= 11 is 0. The predicted octanol–water partition coefficient (Wildman–Crippen LogP) is 3.58.